The monoisotopic (exact) mass is 147 g/mol. The Morgan fingerprint density at radius 1 is 1.20 bits per heavy atom. The lowest BCUT2D eigenvalue weighted by atomic mass is 10.9. The van der Waals surface area contributed by atoms with Gasteiger partial charge >= 0.3 is 0 Å². The van der Waals surface area contributed by atoms with Crippen LogP contribution in [0.1, 0.15) is 0 Å². The van der Waals surface area contributed by atoms with E-state index in [0.29, 0.717) is 13.5 Å². The van der Waals surface area contributed by atoms with Gasteiger partial charge in [0.25, 0.3) is 0 Å². The van der Waals surface area contributed by atoms with Crippen molar-refractivity contribution in [3.63, 3.8) is 0 Å². The molecule has 3 N–H and O–H groups in total. The first-order chi connectivity index (χ1) is 4.81. The molecule has 10 heavy (non-hydrogen) atoms. The third kappa shape index (κ3) is 5.33. The standard InChI is InChI=1S/C5H13N3O2/c1-9-3-7-5(6)8-4-10-2/h3-4H2,1-2H3,(H3,6,7,8). The number of nitrogens with one attached hydrogen (secondary N) is 3. The topological polar surface area (TPSA) is 66.4 Å². The van der Waals surface area contributed by atoms with Crippen molar-refractivity contribution in [2.75, 3.05) is 27.7 Å². The molecule has 0 rings (SSSR count). The second-order valence-corrected chi connectivity index (χ2v) is 1.59. The Kier molecular flexibility index (Phi) is 5.80. The Balaban J connectivity index is 3.09. The van der Waals surface area contributed by atoms with Crippen LogP contribution in [0.15, 0.2) is 0 Å². The van der Waals surface area contributed by atoms with E-state index in [1.807, 2.05) is 0 Å². The average molecular weight is 147 g/mol. The van der Waals surface area contributed by atoms with E-state index in [0.717, 1.165) is 0 Å². The lowest BCUT2D eigenvalue weighted by molar-refractivity contribution is 0.179. The van der Waals surface area contributed by atoms with Gasteiger partial charge in [0.05, 0.1) is 0 Å². The van der Waals surface area contributed by atoms with Crippen molar-refractivity contribution in [3.8, 4) is 0 Å². The van der Waals surface area contributed by atoms with Gasteiger partial charge in [-0.05, 0) is 0 Å². The predicted molar refractivity (Wildman–Crippen MR) is 37.8 cm³/mol. The number of hydrogen-bond acceptors (Lipinski definition) is 3. The summed E-state index contributed by atoms with van der Waals surface area (Å²) in [5, 5.41) is 12.4. The zero-order valence-electron chi connectivity index (χ0n) is 6.23. The zero-order valence-corrected chi connectivity index (χ0v) is 6.23. The van der Waals surface area contributed by atoms with Gasteiger partial charge in [-0.2, -0.15) is 0 Å². The van der Waals surface area contributed by atoms with E-state index in [1.54, 1.807) is 14.2 Å². The molecule has 0 fully saturated rings. The molecular formula is C5H13N3O2. The summed E-state index contributed by atoms with van der Waals surface area (Å²) in [5.41, 5.74) is 0. The molecule has 0 bridgehead atoms. The minimum absolute atomic E-state index is 0.198. The smallest absolute Gasteiger partial charge is 0.191 e. The quantitative estimate of drug-likeness (QED) is 0.280. The fourth-order valence-electron chi connectivity index (χ4n) is 0.351. The lowest BCUT2D eigenvalue weighted by Gasteiger charge is -2.07. The second-order valence-electron chi connectivity index (χ2n) is 1.59. The van der Waals surface area contributed by atoms with Gasteiger partial charge in [-0.15, -0.1) is 0 Å². The molecule has 0 amide bonds. The minimum Gasteiger partial charge on any atom is -0.364 e. The van der Waals surface area contributed by atoms with E-state index in [1.165, 1.54) is 0 Å². The summed E-state index contributed by atoms with van der Waals surface area (Å²) < 4.78 is 9.32. The van der Waals surface area contributed by atoms with Crippen molar-refractivity contribution in [3.05, 3.63) is 0 Å². The maximum Gasteiger partial charge on any atom is 0.191 e. The van der Waals surface area contributed by atoms with Gasteiger partial charge in [0.1, 0.15) is 13.5 Å². The van der Waals surface area contributed by atoms with Crippen molar-refractivity contribution in [2.45, 2.75) is 0 Å². The maximum atomic E-state index is 7.11. The molecule has 5 heteroatoms. The number of methoxy groups -OCH3 is 2. The van der Waals surface area contributed by atoms with Gasteiger partial charge in [-0.25, -0.2) is 0 Å². The van der Waals surface area contributed by atoms with Gasteiger partial charge in [0.2, 0.25) is 0 Å². The predicted octanol–water partition coefficient (Wildman–Crippen LogP) is -0.692. The first-order valence-corrected chi connectivity index (χ1v) is 2.85. The fraction of sp³-hybridized carbons (Fsp3) is 0.800. The van der Waals surface area contributed by atoms with Crippen LogP contribution < -0.4 is 10.6 Å². The normalized spacial score (nSPS) is 9.00. The van der Waals surface area contributed by atoms with E-state index in [-0.39, 0.29) is 5.96 Å². The average Bonchev–Trinajstić information content (AvgIpc) is 1.97. The van der Waals surface area contributed by atoms with E-state index in [2.05, 4.69) is 20.1 Å². The van der Waals surface area contributed by atoms with Crippen LogP contribution in [0.25, 0.3) is 0 Å². The molecule has 0 aliphatic heterocycles. The molecule has 0 aliphatic rings. The van der Waals surface area contributed by atoms with Crippen LogP contribution in [0.3, 0.4) is 0 Å². The molecule has 0 spiro atoms. The molecule has 0 aromatic heterocycles. The summed E-state index contributed by atoms with van der Waals surface area (Å²) in [4.78, 5) is 0. The van der Waals surface area contributed by atoms with Crippen molar-refractivity contribution >= 4 is 5.96 Å². The van der Waals surface area contributed by atoms with Crippen LogP contribution in [-0.4, -0.2) is 33.6 Å². The van der Waals surface area contributed by atoms with Crippen molar-refractivity contribution in [1.29, 1.82) is 5.41 Å². The molecule has 0 aromatic rings. The highest BCUT2D eigenvalue weighted by Crippen LogP contribution is 1.63. The molecule has 5 nitrogen and oxygen atoms in total. The fourth-order valence-corrected chi connectivity index (χ4v) is 0.351. The first-order valence-electron chi connectivity index (χ1n) is 2.85. The van der Waals surface area contributed by atoms with Crippen molar-refractivity contribution in [2.24, 2.45) is 0 Å². The van der Waals surface area contributed by atoms with E-state index in [4.69, 9.17) is 5.41 Å². The molecule has 0 aromatic carbocycles. The van der Waals surface area contributed by atoms with Crippen molar-refractivity contribution < 1.29 is 9.47 Å². The molecule has 0 atom stereocenters. The van der Waals surface area contributed by atoms with Crippen LogP contribution in [0, 0.1) is 5.41 Å². The highest BCUT2D eigenvalue weighted by atomic mass is 16.5. The van der Waals surface area contributed by atoms with E-state index in [9.17, 15) is 0 Å². The second kappa shape index (κ2) is 6.31. The summed E-state index contributed by atoms with van der Waals surface area (Å²) in [6, 6.07) is 0. The Labute approximate surface area is 60.2 Å². The largest absolute Gasteiger partial charge is 0.364 e. The summed E-state index contributed by atoms with van der Waals surface area (Å²) >= 11 is 0. The van der Waals surface area contributed by atoms with Gasteiger partial charge < -0.3 is 20.1 Å². The molecule has 0 radical (unpaired) electrons. The highest BCUT2D eigenvalue weighted by molar-refractivity contribution is 5.75. The van der Waals surface area contributed by atoms with Gasteiger partial charge in [0, 0.05) is 14.2 Å². The number of hydrogen-bond donors (Lipinski definition) is 3. The Morgan fingerprint density at radius 3 is 1.90 bits per heavy atom. The number of ether oxygens (including phenoxy) is 2. The Bertz CT molecular complexity index is 86.9. The Hall–Kier alpha value is -0.810. The molecular weight excluding hydrogens is 134 g/mol. The molecule has 0 saturated carbocycles. The van der Waals surface area contributed by atoms with Gasteiger partial charge in [0.15, 0.2) is 5.96 Å². The van der Waals surface area contributed by atoms with E-state index < -0.39 is 0 Å². The van der Waals surface area contributed by atoms with Crippen molar-refractivity contribution in [1.82, 2.24) is 10.6 Å². The van der Waals surface area contributed by atoms with Crippen LogP contribution in [0.5, 0.6) is 0 Å². The van der Waals surface area contributed by atoms with Gasteiger partial charge in [-0.1, -0.05) is 0 Å². The maximum absolute atomic E-state index is 7.11. The first kappa shape index (κ1) is 9.19. The van der Waals surface area contributed by atoms with E-state index >= 15 is 0 Å². The van der Waals surface area contributed by atoms with Crippen LogP contribution >= 0.6 is 0 Å². The zero-order chi connectivity index (χ0) is 7.82. The molecule has 0 unspecified atom stereocenters. The third-order valence-corrected chi connectivity index (χ3v) is 0.787. The number of rotatable bonds is 4. The molecule has 60 valence electrons. The lowest BCUT2D eigenvalue weighted by Crippen LogP contribution is -2.38. The van der Waals surface area contributed by atoms with Crippen LogP contribution in [0.4, 0.5) is 0 Å². The van der Waals surface area contributed by atoms with Crippen LogP contribution in [-0.2, 0) is 9.47 Å². The Morgan fingerprint density at radius 2 is 1.60 bits per heavy atom. The molecule has 0 saturated heterocycles. The summed E-state index contributed by atoms with van der Waals surface area (Å²) in [7, 11) is 3.10. The minimum atomic E-state index is 0.198. The third-order valence-electron chi connectivity index (χ3n) is 0.787. The summed E-state index contributed by atoms with van der Waals surface area (Å²) in [5.74, 6) is 0.198. The molecule has 0 aliphatic carbocycles. The van der Waals surface area contributed by atoms with Gasteiger partial charge in [-0.3, -0.25) is 5.41 Å². The summed E-state index contributed by atoms with van der Waals surface area (Å²) in [6.45, 7) is 0.658. The van der Waals surface area contributed by atoms with Crippen LogP contribution in [0.2, 0.25) is 0 Å². The number of guanidine groups is 1. The SMILES string of the molecule is COCNC(=N)NCOC. The molecule has 0 heterocycles. The highest BCUT2D eigenvalue weighted by Gasteiger charge is 1.89. The summed E-state index contributed by atoms with van der Waals surface area (Å²) in [6.07, 6.45) is 0.